The average Bonchev–Trinajstić information content (AvgIpc) is 3.10. The van der Waals surface area contributed by atoms with Gasteiger partial charge in [0.1, 0.15) is 0 Å². The highest BCUT2D eigenvalue weighted by Gasteiger charge is 2.35. The predicted molar refractivity (Wildman–Crippen MR) is 105 cm³/mol. The van der Waals surface area contributed by atoms with E-state index in [1.165, 1.54) is 17.5 Å². The lowest BCUT2D eigenvalue weighted by Crippen LogP contribution is -2.48. The van der Waals surface area contributed by atoms with Crippen molar-refractivity contribution in [2.24, 2.45) is 5.10 Å². The Morgan fingerprint density at radius 3 is 2.88 bits per heavy atom. The Labute approximate surface area is 155 Å². The topological polar surface area (TPSA) is 57.8 Å². The zero-order valence-electron chi connectivity index (χ0n) is 16.2. The van der Waals surface area contributed by atoms with Crippen LogP contribution in [0.15, 0.2) is 40.0 Å². The van der Waals surface area contributed by atoms with Crippen molar-refractivity contribution in [1.82, 2.24) is 5.43 Å². The molecular formula is C21H27N3O2. The Morgan fingerprint density at radius 2 is 2.23 bits per heavy atom. The van der Waals surface area contributed by atoms with Crippen LogP contribution in [-0.2, 0) is 0 Å². The van der Waals surface area contributed by atoms with Crippen LogP contribution in [0.3, 0.4) is 0 Å². The third-order valence-corrected chi connectivity index (χ3v) is 5.20. The van der Waals surface area contributed by atoms with Gasteiger partial charge in [-0.25, -0.2) is 5.43 Å². The fraction of sp³-hybridized carbons (Fsp3) is 0.429. The summed E-state index contributed by atoms with van der Waals surface area (Å²) in [5.74, 6) is 0.376. The summed E-state index contributed by atoms with van der Waals surface area (Å²) in [6.45, 7) is 12.2. The Balaban J connectivity index is 1.85. The molecule has 0 aliphatic carbocycles. The Morgan fingerprint density at radius 1 is 1.46 bits per heavy atom. The summed E-state index contributed by atoms with van der Waals surface area (Å²) < 4.78 is 5.06. The second-order valence-electron chi connectivity index (χ2n) is 7.61. The number of nitrogens with one attached hydrogen (secondary N) is 1. The normalized spacial score (nSPS) is 18.8. The van der Waals surface area contributed by atoms with E-state index in [9.17, 15) is 4.79 Å². The van der Waals surface area contributed by atoms with Gasteiger partial charge in [-0.1, -0.05) is 6.92 Å². The first-order chi connectivity index (χ1) is 12.3. The molecule has 1 atom stereocenters. The van der Waals surface area contributed by atoms with Gasteiger partial charge in [-0.3, -0.25) is 4.79 Å². The van der Waals surface area contributed by atoms with E-state index in [0.29, 0.717) is 5.92 Å². The molecule has 5 nitrogen and oxygen atoms in total. The van der Waals surface area contributed by atoms with Gasteiger partial charge in [0.2, 0.25) is 0 Å². The standard InChI is InChI=1S/C21H27N3O2/c1-6-24-18-10-14(2)16(11-17(18)15(3)12-21(24,4)5)13-22-23-20(25)19-8-7-9-26-19/h7-11,13,15H,6,12H2,1-5H3,(H,23,25)/b22-13+. The molecule has 138 valence electrons. The number of carbonyl (C=O) groups excluding carboxylic acids is 1. The van der Waals surface area contributed by atoms with Crippen LogP contribution in [-0.4, -0.2) is 24.2 Å². The summed E-state index contributed by atoms with van der Waals surface area (Å²) in [5.41, 5.74) is 7.48. The lowest BCUT2D eigenvalue weighted by Gasteiger charge is -2.47. The van der Waals surface area contributed by atoms with E-state index >= 15 is 0 Å². The van der Waals surface area contributed by atoms with Crippen LogP contribution >= 0.6 is 0 Å². The highest BCUT2D eigenvalue weighted by molar-refractivity contribution is 5.92. The number of anilines is 1. The van der Waals surface area contributed by atoms with Gasteiger partial charge in [-0.15, -0.1) is 0 Å². The van der Waals surface area contributed by atoms with Crippen LogP contribution < -0.4 is 10.3 Å². The molecule has 1 aliphatic heterocycles. The fourth-order valence-corrected chi connectivity index (χ4v) is 4.01. The van der Waals surface area contributed by atoms with E-state index in [1.807, 2.05) is 0 Å². The molecule has 1 amide bonds. The number of nitrogens with zero attached hydrogens (tertiary/aromatic N) is 2. The number of fused-ring (bicyclic) bond motifs is 1. The minimum Gasteiger partial charge on any atom is -0.459 e. The smallest absolute Gasteiger partial charge is 0.307 e. The maximum atomic E-state index is 11.9. The Bertz CT molecular complexity index is 822. The molecule has 2 aromatic rings. The van der Waals surface area contributed by atoms with Crippen molar-refractivity contribution >= 4 is 17.8 Å². The van der Waals surface area contributed by atoms with Crippen molar-refractivity contribution in [3.05, 3.63) is 53.0 Å². The number of hydrazone groups is 1. The van der Waals surface area contributed by atoms with E-state index in [0.717, 1.165) is 24.1 Å². The summed E-state index contributed by atoms with van der Waals surface area (Å²) in [4.78, 5) is 14.4. The molecule has 26 heavy (non-hydrogen) atoms. The van der Waals surface area contributed by atoms with Gasteiger partial charge < -0.3 is 9.32 Å². The molecule has 0 fully saturated rings. The summed E-state index contributed by atoms with van der Waals surface area (Å²) in [7, 11) is 0. The van der Waals surface area contributed by atoms with E-state index in [2.05, 4.69) is 62.2 Å². The van der Waals surface area contributed by atoms with Gasteiger partial charge in [0.25, 0.3) is 0 Å². The summed E-state index contributed by atoms with van der Waals surface area (Å²) in [6.07, 6.45) is 4.29. The predicted octanol–water partition coefficient (Wildman–Crippen LogP) is 4.46. The lowest BCUT2D eigenvalue weighted by molar-refractivity contribution is 0.0927. The number of hydrogen-bond donors (Lipinski definition) is 1. The van der Waals surface area contributed by atoms with Gasteiger partial charge in [-0.05, 0) is 81.0 Å². The van der Waals surface area contributed by atoms with Gasteiger partial charge in [0.05, 0.1) is 12.5 Å². The fourth-order valence-electron chi connectivity index (χ4n) is 4.01. The SMILES string of the molecule is CCN1c2cc(C)c(/C=N/NC(=O)c3ccco3)cc2C(C)CC1(C)C. The van der Waals surface area contributed by atoms with Gasteiger partial charge >= 0.3 is 5.91 Å². The van der Waals surface area contributed by atoms with Gasteiger partial charge in [0, 0.05) is 17.8 Å². The first kappa shape index (κ1) is 18.2. The molecule has 3 rings (SSSR count). The van der Waals surface area contributed by atoms with Crippen LogP contribution in [0.25, 0.3) is 0 Å². The molecule has 0 spiro atoms. The Kier molecular flexibility index (Phi) is 4.90. The van der Waals surface area contributed by atoms with E-state index in [1.54, 1.807) is 18.3 Å². The van der Waals surface area contributed by atoms with Crippen LogP contribution in [0, 0.1) is 6.92 Å². The van der Waals surface area contributed by atoms with Crippen molar-refractivity contribution < 1.29 is 9.21 Å². The number of benzene rings is 1. The maximum Gasteiger partial charge on any atom is 0.307 e. The van der Waals surface area contributed by atoms with Crippen molar-refractivity contribution in [2.45, 2.75) is 52.5 Å². The number of amides is 1. The lowest BCUT2D eigenvalue weighted by atomic mass is 9.79. The van der Waals surface area contributed by atoms with E-state index in [-0.39, 0.29) is 17.2 Å². The number of rotatable bonds is 4. The van der Waals surface area contributed by atoms with Crippen LogP contribution in [0.5, 0.6) is 0 Å². The minimum absolute atomic E-state index is 0.153. The zero-order valence-corrected chi connectivity index (χ0v) is 16.2. The summed E-state index contributed by atoms with van der Waals surface area (Å²) in [6, 6.07) is 7.73. The average molecular weight is 353 g/mol. The van der Waals surface area contributed by atoms with Crippen molar-refractivity contribution in [3.8, 4) is 0 Å². The first-order valence-corrected chi connectivity index (χ1v) is 9.12. The van der Waals surface area contributed by atoms with Crippen molar-refractivity contribution in [2.75, 3.05) is 11.4 Å². The largest absolute Gasteiger partial charge is 0.459 e. The van der Waals surface area contributed by atoms with E-state index < -0.39 is 0 Å². The molecular weight excluding hydrogens is 326 g/mol. The highest BCUT2D eigenvalue weighted by Crippen LogP contribution is 2.43. The van der Waals surface area contributed by atoms with Crippen LogP contribution in [0.2, 0.25) is 0 Å². The third-order valence-electron chi connectivity index (χ3n) is 5.20. The molecule has 1 aromatic carbocycles. The summed E-state index contributed by atoms with van der Waals surface area (Å²) >= 11 is 0. The number of furan rings is 1. The number of aryl methyl sites for hydroxylation is 1. The van der Waals surface area contributed by atoms with Crippen molar-refractivity contribution in [3.63, 3.8) is 0 Å². The quantitative estimate of drug-likeness (QED) is 0.652. The third kappa shape index (κ3) is 3.39. The molecule has 0 radical (unpaired) electrons. The molecule has 1 aromatic heterocycles. The monoisotopic (exact) mass is 353 g/mol. The maximum absolute atomic E-state index is 11.9. The Hall–Kier alpha value is -2.56. The molecule has 5 heteroatoms. The molecule has 1 N–H and O–H groups in total. The second-order valence-corrected chi connectivity index (χ2v) is 7.61. The van der Waals surface area contributed by atoms with Gasteiger partial charge in [-0.2, -0.15) is 5.10 Å². The zero-order chi connectivity index (χ0) is 18.9. The first-order valence-electron chi connectivity index (χ1n) is 9.12. The number of carbonyl (C=O) groups is 1. The molecule has 2 heterocycles. The second kappa shape index (κ2) is 6.98. The molecule has 0 saturated carbocycles. The molecule has 1 unspecified atom stereocenters. The van der Waals surface area contributed by atoms with Crippen molar-refractivity contribution in [1.29, 1.82) is 0 Å². The van der Waals surface area contributed by atoms with Crippen LogP contribution in [0.1, 0.15) is 67.3 Å². The highest BCUT2D eigenvalue weighted by atomic mass is 16.3. The number of hydrogen-bond acceptors (Lipinski definition) is 4. The molecule has 0 saturated heterocycles. The molecule has 0 bridgehead atoms. The minimum atomic E-state index is -0.353. The molecule has 1 aliphatic rings. The summed E-state index contributed by atoms with van der Waals surface area (Å²) in [5, 5.41) is 4.10. The van der Waals surface area contributed by atoms with E-state index in [4.69, 9.17) is 4.42 Å². The van der Waals surface area contributed by atoms with Crippen LogP contribution in [0.4, 0.5) is 5.69 Å². The van der Waals surface area contributed by atoms with Gasteiger partial charge in [0.15, 0.2) is 5.76 Å².